The molecule has 0 aliphatic heterocycles. The van der Waals surface area contributed by atoms with E-state index in [0.717, 1.165) is 19.3 Å². The van der Waals surface area contributed by atoms with Gasteiger partial charge in [0.1, 0.15) is 0 Å². The average molecular weight is 277 g/mol. The molecule has 0 rings (SSSR count). The van der Waals surface area contributed by atoms with Crippen LogP contribution in [0.2, 0.25) is 0 Å². The van der Waals surface area contributed by atoms with E-state index in [4.69, 9.17) is 10.1 Å². The highest BCUT2D eigenvalue weighted by molar-refractivity contribution is 5.79. The number of hydrogen-bond acceptors (Lipinski definition) is 2. The molecule has 0 amide bonds. The summed E-state index contributed by atoms with van der Waals surface area (Å²) in [6.07, 6.45) is 12.5. The van der Waals surface area contributed by atoms with Crippen molar-refractivity contribution < 1.29 is 4.74 Å². The maximum atomic E-state index is 7.50. The van der Waals surface area contributed by atoms with Gasteiger partial charge in [-0.15, -0.1) is 0 Å². The third kappa shape index (κ3) is 11.5. The van der Waals surface area contributed by atoms with E-state index in [-0.39, 0.29) is 5.41 Å². The van der Waals surface area contributed by atoms with Gasteiger partial charge in [-0.1, -0.05) is 70.2 Å². The Bertz CT molecular complexity index is 348. The summed E-state index contributed by atoms with van der Waals surface area (Å²) in [5, 5.41) is 7.50. The van der Waals surface area contributed by atoms with Gasteiger partial charge in [-0.2, -0.15) is 0 Å². The molecular weight excluding hydrogens is 246 g/mol. The molecule has 0 unspecified atom stereocenters. The van der Waals surface area contributed by atoms with Crippen molar-refractivity contribution in [1.82, 2.24) is 0 Å². The second kappa shape index (κ2) is 12.5. The third-order valence-corrected chi connectivity index (χ3v) is 2.82. The Hall–Kier alpha value is -1.57. The molecule has 114 valence electrons. The molecule has 2 nitrogen and oxygen atoms in total. The van der Waals surface area contributed by atoms with E-state index in [1.54, 1.807) is 0 Å². The summed E-state index contributed by atoms with van der Waals surface area (Å²) in [4.78, 5) is 0. The van der Waals surface area contributed by atoms with E-state index < -0.39 is 0 Å². The van der Waals surface area contributed by atoms with E-state index in [1.807, 2.05) is 32.9 Å². The molecule has 0 aromatic heterocycles. The quantitative estimate of drug-likeness (QED) is 0.199. The van der Waals surface area contributed by atoms with Gasteiger partial charge in [-0.3, -0.25) is 5.41 Å². The second-order valence-corrected chi connectivity index (χ2v) is 5.20. The molecule has 0 bridgehead atoms. The zero-order chi connectivity index (χ0) is 16.0. The smallest absolute Gasteiger partial charge is 0.192 e. The van der Waals surface area contributed by atoms with Crippen molar-refractivity contribution in [3.63, 3.8) is 0 Å². The highest BCUT2D eigenvalue weighted by Crippen LogP contribution is 2.23. The summed E-state index contributed by atoms with van der Waals surface area (Å²) in [5.74, 6) is 0.300. The highest BCUT2D eigenvalue weighted by atomic mass is 16.5. The molecule has 0 aromatic rings. The topological polar surface area (TPSA) is 33.1 Å². The van der Waals surface area contributed by atoms with E-state index in [9.17, 15) is 0 Å². The van der Waals surface area contributed by atoms with Gasteiger partial charge < -0.3 is 4.74 Å². The predicted octanol–water partition coefficient (Wildman–Crippen LogP) is 6.03. The van der Waals surface area contributed by atoms with Crippen molar-refractivity contribution in [1.29, 1.82) is 5.41 Å². The van der Waals surface area contributed by atoms with Crippen molar-refractivity contribution in [3.8, 4) is 0 Å². The van der Waals surface area contributed by atoms with Crippen molar-refractivity contribution in [2.24, 2.45) is 5.41 Å². The van der Waals surface area contributed by atoms with E-state index in [1.165, 1.54) is 11.8 Å². The lowest BCUT2D eigenvalue weighted by Crippen LogP contribution is -2.24. The highest BCUT2D eigenvalue weighted by Gasteiger charge is 2.23. The molecule has 0 fully saturated rings. The number of hydrogen-bond donors (Lipinski definition) is 1. The SMILES string of the molecule is C=C/C(C)=C\C/C=C\C.C=COC(=N)C(C)(C)CCC. The first-order chi connectivity index (χ1) is 9.35. The summed E-state index contributed by atoms with van der Waals surface area (Å²) in [6.45, 7) is 17.2. The fourth-order valence-corrected chi connectivity index (χ4v) is 1.45. The van der Waals surface area contributed by atoms with Gasteiger partial charge in [0.05, 0.1) is 6.26 Å². The lowest BCUT2D eigenvalue weighted by molar-refractivity contribution is 0.342. The first kappa shape index (κ1) is 20.7. The largest absolute Gasteiger partial charge is 0.451 e. The fraction of sp³-hybridized carbons (Fsp3) is 0.500. The van der Waals surface area contributed by atoms with Crippen LogP contribution in [0.3, 0.4) is 0 Å². The van der Waals surface area contributed by atoms with E-state index >= 15 is 0 Å². The molecule has 0 saturated heterocycles. The van der Waals surface area contributed by atoms with Gasteiger partial charge in [0, 0.05) is 5.41 Å². The van der Waals surface area contributed by atoms with E-state index in [2.05, 4.69) is 39.2 Å². The summed E-state index contributed by atoms with van der Waals surface area (Å²) < 4.78 is 4.91. The second-order valence-electron chi connectivity index (χ2n) is 5.20. The van der Waals surface area contributed by atoms with Crippen molar-refractivity contribution in [3.05, 3.63) is 49.3 Å². The Morgan fingerprint density at radius 1 is 1.30 bits per heavy atom. The van der Waals surface area contributed by atoms with Gasteiger partial charge in [0.15, 0.2) is 5.90 Å². The zero-order valence-electron chi connectivity index (χ0n) is 13.8. The molecule has 0 aliphatic carbocycles. The first-order valence-corrected chi connectivity index (χ1v) is 7.12. The van der Waals surface area contributed by atoms with Crippen LogP contribution < -0.4 is 0 Å². The molecular formula is C18H31NO. The van der Waals surface area contributed by atoms with Gasteiger partial charge in [0.2, 0.25) is 0 Å². The summed E-state index contributed by atoms with van der Waals surface area (Å²) >= 11 is 0. The molecule has 0 spiro atoms. The van der Waals surface area contributed by atoms with E-state index in [0.29, 0.717) is 5.90 Å². The Morgan fingerprint density at radius 3 is 2.30 bits per heavy atom. The third-order valence-electron chi connectivity index (χ3n) is 2.82. The van der Waals surface area contributed by atoms with Gasteiger partial charge in [-0.05, 0) is 26.7 Å². The van der Waals surface area contributed by atoms with Crippen LogP contribution in [0.5, 0.6) is 0 Å². The standard InChI is InChI=1S/C9H17NO.C9H14/c1-5-7-9(3,4)8(10)11-6-2;1-4-6-7-8-9(3)5-2/h6,10H,2,5,7H2,1,3-4H3;4-6,8H,2,7H2,1,3H3/b;6-4-,9-8-. The van der Waals surface area contributed by atoms with Crippen LogP contribution in [0.1, 0.15) is 53.9 Å². The lowest BCUT2D eigenvalue weighted by atomic mass is 9.88. The minimum absolute atomic E-state index is 0.150. The number of allylic oxidation sites excluding steroid dienone is 5. The molecule has 1 N–H and O–H groups in total. The summed E-state index contributed by atoms with van der Waals surface area (Å²) in [5.41, 5.74) is 1.09. The molecule has 0 aliphatic rings. The van der Waals surface area contributed by atoms with Crippen molar-refractivity contribution in [2.45, 2.75) is 53.9 Å². The molecule has 2 heteroatoms. The van der Waals surface area contributed by atoms with Gasteiger partial charge in [0.25, 0.3) is 0 Å². The first-order valence-electron chi connectivity index (χ1n) is 7.12. The monoisotopic (exact) mass is 277 g/mol. The van der Waals surface area contributed by atoms with Crippen LogP contribution in [0.4, 0.5) is 0 Å². The predicted molar refractivity (Wildman–Crippen MR) is 91.1 cm³/mol. The maximum Gasteiger partial charge on any atom is 0.192 e. The van der Waals surface area contributed by atoms with Crippen LogP contribution in [-0.2, 0) is 4.74 Å². The number of nitrogens with one attached hydrogen (secondary N) is 1. The number of ether oxygens (including phenoxy) is 1. The zero-order valence-corrected chi connectivity index (χ0v) is 13.8. The molecule has 0 saturated carbocycles. The van der Waals surface area contributed by atoms with Crippen LogP contribution in [-0.4, -0.2) is 5.90 Å². The average Bonchev–Trinajstić information content (AvgIpc) is 2.39. The fourth-order valence-electron chi connectivity index (χ4n) is 1.45. The summed E-state index contributed by atoms with van der Waals surface area (Å²) in [6, 6.07) is 0. The van der Waals surface area contributed by atoms with Crippen molar-refractivity contribution in [2.75, 3.05) is 0 Å². The molecule has 0 aromatic carbocycles. The minimum Gasteiger partial charge on any atom is -0.451 e. The minimum atomic E-state index is -0.150. The van der Waals surface area contributed by atoms with Crippen LogP contribution in [0, 0.1) is 10.8 Å². The lowest BCUT2D eigenvalue weighted by Gasteiger charge is -2.22. The van der Waals surface area contributed by atoms with Crippen LogP contribution >= 0.6 is 0 Å². The molecule has 0 radical (unpaired) electrons. The number of rotatable bonds is 7. The Morgan fingerprint density at radius 2 is 1.90 bits per heavy atom. The summed E-state index contributed by atoms with van der Waals surface area (Å²) in [7, 11) is 0. The Labute approximate surface area is 125 Å². The van der Waals surface area contributed by atoms with Gasteiger partial charge >= 0.3 is 0 Å². The van der Waals surface area contributed by atoms with Gasteiger partial charge in [-0.25, -0.2) is 0 Å². The Kier molecular flexibility index (Phi) is 12.9. The molecule has 0 heterocycles. The maximum absolute atomic E-state index is 7.50. The molecule has 0 atom stereocenters. The Balaban J connectivity index is 0. The van der Waals surface area contributed by atoms with Crippen molar-refractivity contribution >= 4 is 5.90 Å². The van der Waals surface area contributed by atoms with Crippen LogP contribution in [0.15, 0.2) is 49.3 Å². The molecule has 20 heavy (non-hydrogen) atoms. The normalized spacial score (nSPS) is 11.6. The van der Waals surface area contributed by atoms with Crippen LogP contribution in [0.25, 0.3) is 0 Å².